The second-order valence-corrected chi connectivity index (χ2v) is 6.89. The van der Waals surface area contributed by atoms with E-state index in [-0.39, 0.29) is 11.6 Å². The number of rotatable bonds is 4. The van der Waals surface area contributed by atoms with Crippen LogP contribution in [-0.4, -0.2) is 46.8 Å². The van der Waals surface area contributed by atoms with Gasteiger partial charge in [-0.25, -0.2) is 0 Å². The largest absolute Gasteiger partial charge is 0.336 e. The van der Waals surface area contributed by atoms with Gasteiger partial charge < -0.3 is 4.90 Å². The molecule has 0 atom stereocenters. The van der Waals surface area contributed by atoms with Crippen LogP contribution in [0, 0.1) is 17.0 Å². The number of carbonyl (C=O) groups is 1. The van der Waals surface area contributed by atoms with Crippen LogP contribution < -0.4 is 0 Å². The lowest BCUT2D eigenvalue weighted by Gasteiger charge is -2.34. The van der Waals surface area contributed by atoms with Crippen LogP contribution in [-0.2, 0) is 6.54 Å². The highest BCUT2D eigenvalue weighted by Gasteiger charge is 2.25. The van der Waals surface area contributed by atoms with Gasteiger partial charge in [-0.2, -0.15) is 0 Å². The number of benzene rings is 1. The number of nitro benzene ring substituents is 1. The van der Waals surface area contributed by atoms with Crippen LogP contribution in [0.5, 0.6) is 0 Å². The fraction of sp³-hybridized carbons (Fsp3) is 0.353. The average molecular weight is 345 g/mol. The maximum absolute atomic E-state index is 12.7. The van der Waals surface area contributed by atoms with Gasteiger partial charge in [-0.05, 0) is 24.4 Å². The van der Waals surface area contributed by atoms with Gasteiger partial charge in [0.25, 0.3) is 11.6 Å². The van der Waals surface area contributed by atoms with Crippen molar-refractivity contribution >= 4 is 22.9 Å². The highest BCUT2D eigenvalue weighted by atomic mass is 32.1. The van der Waals surface area contributed by atoms with E-state index in [1.807, 2.05) is 6.07 Å². The molecule has 0 radical (unpaired) electrons. The summed E-state index contributed by atoms with van der Waals surface area (Å²) in [6.07, 6.45) is 0. The van der Waals surface area contributed by atoms with E-state index in [9.17, 15) is 14.9 Å². The Morgan fingerprint density at radius 2 is 1.96 bits per heavy atom. The van der Waals surface area contributed by atoms with Crippen molar-refractivity contribution in [2.24, 2.45) is 0 Å². The smallest absolute Gasteiger partial charge is 0.273 e. The molecule has 0 aliphatic carbocycles. The molecule has 1 aliphatic heterocycles. The molecule has 1 aromatic heterocycles. The molecule has 3 rings (SSSR count). The molecule has 1 aliphatic rings. The fourth-order valence-electron chi connectivity index (χ4n) is 2.96. The molecule has 1 aromatic carbocycles. The predicted molar refractivity (Wildman–Crippen MR) is 93.3 cm³/mol. The van der Waals surface area contributed by atoms with E-state index in [4.69, 9.17) is 0 Å². The zero-order valence-electron chi connectivity index (χ0n) is 13.5. The molecule has 24 heavy (non-hydrogen) atoms. The third-order valence-electron chi connectivity index (χ3n) is 4.35. The minimum atomic E-state index is -0.439. The summed E-state index contributed by atoms with van der Waals surface area (Å²) in [5.74, 6) is -0.119. The Labute approximate surface area is 144 Å². The third-order valence-corrected chi connectivity index (χ3v) is 5.21. The first-order chi connectivity index (χ1) is 11.6. The molecule has 0 spiro atoms. The van der Waals surface area contributed by atoms with Crippen molar-refractivity contribution in [3.8, 4) is 0 Å². The van der Waals surface area contributed by atoms with Crippen molar-refractivity contribution < 1.29 is 9.72 Å². The maximum Gasteiger partial charge on any atom is 0.273 e. The number of hydrogen-bond donors (Lipinski definition) is 0. The quantitative estimate of drug-likeness (QED) is 0.631. The molecular weight excluding hydrogens is 326 g/mol. The summed E-state index contributed by atoms with van der Waals surface area (Å²) in [6, 6.07) is 8.85. The van der Waals surface area contributed by atoms with Gasteiger partial charge in [0, 0.05) is 54.8 Å². The number of piperazine rings is 1. The van der Waals surface area contributed by atoms with E-state index in [2.05, 4.69) is 16.3 Å². The number of hydrogen-bond acceptors (Lipinski definition) is 5. The van der Waals surface area contributed by atoms with Gasteiger partial charge >= 0.3 is 0 Å². The summed E-state index contributed by atoms with van der Waals surface area (Å²) in [7, 11) is 0. The van der Waals surface area contributed by atoms with Crippen molar-refractivity contribution in [2.75, 3.05) is 26.2 Å². The van der Waals surface area contributed by atoms with E-state index in [0.29, 0.717) is 24.2 Å². The molecule has 1 amide bonds. The summed E-state index contributed by atoms with van der Waals surface area (Å²) in [5.41, 5.74) is 0.863. The van der Waals surface area contributed by atoms with Crippen LogP contribution >= 0.6 is 11.3 Å². The third kappa shape index (κ3) is 3.47. The highest BCUT2D eigenvalue weighted by molar-refractivity contribution is 7.09. The number of nitrogens with zero attached hydrogens (tertiary/aromatic N) is 3. The van der Waals surface area contributed by atoms with E-state index < -0.39 is 4.92 Å². The van der Waals surface area contributed by atoms with E-state index in [1.165, 1.54) is 10.9 Å². The van der Waals surface area contributed by atoms with E-state index in [0.717, 1.165) is 19.6 Å². The van der Waals surface area contributed by atoms with Gasteiger partial charge in [-0.1, -0.05) is 12.1 Å². The van der Waals surface area contributed by atoms with Gasteiger partial charge in [-0.3, -0.25) is 19.8 Å². The Bertz CT molecular complexity index is 738. The normalized spacial score (nSPS) is 15.5. The van der Waals surface area contributed by atoms with Crippen LogP contribution in [0.4, 0.5) is 5.69 Å². The van der Waals surface area contributed by atoms with Crippen LogP contribution in [0.15, 0.2) is 35.7 Å². The molecule has 7 heteroatoms. The van der Waals surface area contributed by atoms with E-state index >= 15 is 0 Å². The Morgan fingerprint density at radius 3 is 2.58 bits per heavy atom. The Hall–Kier alpha value is -2.25. The molecule has 0 unspecified atom stereocenters. The lowest BCUT2D eigenvalue weighted by molar-refractivity contribution is -0.385. The molecule has 0 bridgehead atoms. The number of nitro groups is 1. The summed E-state index contributed by atoms with van der Waals surface area (Å²) in [6.45, 7) is 5.47. The standard InChI is InChI=1S/C17H19N3O3S/c1-13-15(5-2-6-16(13)20(22)23)17(21)19-9-7-18(8-10-19)12-14-4-3-11-24-14/h2-6,11H,7-10,12H2,1H3. The second kappa shape index (κ2) is 7.11. The van der Waals surface area contributed by atoms with Crippen LogP contribution in [0.3, 0.4) is 0 Å². The lowest BCUT2D eigenvalue weighted by Crippen LogP contribution is -2.48. The van der Waals surface area contributed by atoms with Crippen molar-refractivity contribution in [1.29, 1.82) is 0 Å². The van der Waals surface area contributed by atoms with Crippen molar-refractivity contribution in [3.05, 3.63) is 61.8 Å². The summed E-state index contributed by atoms with van der Waals surface area (Å²) < 4.78 is 0. The summed E-state index contributed by atoms with van der Waals surface area (Å²) >= 11 is 1.74. The molecular formula is C17H19N3O3S. The first-order valence-electron chi connectivity index (χ1n) is 7.84. The molecule has 0 N–H and O–H groups in total. The SMILES string of the molecule is Cc1c(C(=O)N2CCN(Cc3cccs3)CC2)cccc1[N+](=O)[O-]. The van der Waals surface area contributed by atoms with Gasteiger partial charge in [0.05, 0.1) is 4.92 Å². The minimum absolute atomic E-state index is 0.00261. The van der Waals surface area contributed by atoms with Crippen molar-refractivity contribution in [3.63, 3.8) is 0 Å². The van der Waals surface area contributed by atoms with Gasteiger partial charge in [0.1, 0.15) is 0 Å². The van der Waals surface area contributed by atoms with Crippen molar-refractivity contribution in [2.45, 2.75) is 13.5 Å². The minimum Gasteiger partial charge on any atom is -0.336 e. The predicted octanol–water partition coefficient (Wildman–Crippen LogP) is 2.92. The summed E-state index contributed by atoms with van der Waals surface area (Å²) in [5, 5.41) is 13.1. The fourth-order valence-corrected chi connectivity index (χ4v) is 3.70. The first kappa shape index (κ1) is 16.6. The molecule has 1 fully saturated rings. The Balaban J connectivity index is 1.65. The number of carbonyl (C=O) groups excluding carboxylic acids is 1. The molecule has 126 valence electrons. The maximum atomic E-state index is 12.7. The van der Waals surface area contributed by atoms with Crippen LogP contribution in [0.2, 0.25) is 0 Å². The number of thiophene rings is 1. The van der Waals surface area contributed by atoms with Gasteiger partial charge in [-0.15, -0.1) is 11.3 Å². The zero-order valence-corrected chi connectivity index (χ0v) is 14.3. The average Bonchev–Trinajstić information content (AvgIpc) is 3.08. The second-order valence-electron chi connectivity index (χ2n) is 5.85. The molecule has 2 aromatic rings. The van der Waals surface area contributed by atoms with Crippen LogP contribution in [0.25, 0.3) is 0 Å². The molecule has 0 saturated carbocycles. The van der Waals surface area contributed by atoms with E-state index in [1.54, 1.807) is 35.3 Å². The number of amides is 1. The van der Waals surface area contributed by atoms with Crippen molar-refractivity contribution in [1.82, 2.24) is 9.80 Å². The first-order valence-corrected chi connectivity index (χ1v) is 8.72. The molecule has 2 heterocycles. The molecule has 6 nitrogen and oxygen atoms in total. The van der Waals surface area contributed by atoms with Gasteiger partial charge in [0.2, 0.25) is 0 Å². The zero-order chi connectivity index (χ0) is 17.1. The van der Waals surface area contributed by atoms with Crippen LogP contribution in [0.1, 0.15) is 20.8 Å². The lowest BCUT2D eigenvalue weighted by atomic mass is 10.1. The van der Waals surface area contributed by atoms with Gasteiger partial charge in [0.15, 0.2) is 0 Å². The Morgan fingerprint density at radius 1 is 1.21 bits per heavy atom. The topological polar surface area (TPSA) is 66.7 Å². The summed E-state index contributed by atoms with van der Waals surface area (Å²) in [4.78, 5) is 28.8. The Kier molecular flexibility index (Phi) is 4.92. The molecule has 1 saturated heterocycles. The monoisotopic (exact) mass is 345 g/mol. The highest BCUT2D eigenvalue weighted by Crippen LogP contribution is 2.23.